The SMILES string of the molecule is C=C1CC[C@H]2[C@](C)(COC(=O)[C@@H](CC(=O)O)[C@@H](OC[C@H]3C(=C)CC[C@H]4[C@](C)(COC(=O)[C@@H](CC(=O)O)[C@@H](OC[C@H]5C(=C)CC[C@H]6[C@](C)(CO)CCC[C@]56C)C(=O)OC)CCC[C@]34C)C(=O)OC)CCC[C@]2(C)[C@H]1CO[C@@H](C(=O)OC)[C@H](CC(=O)OC)C(=O)O. The zero-order valence-corrected chi connectivity index (χ0v) is 54.2. The minimum Gasteiger partial charge on any atom is -0.481 e. The van der Waals surface area contributed by atoms with Gasteiger partial charge in [0.05, 0.1) is 80.7 Å². The molecule has 18 atom stereocenters. The van der Waals surface area contributed by atoms with Gasteiger partial charge in [-0.25, -0.2) is 14.4 Å². The van der Waals surface area contributed by atoms with Crippen LogP contribution in [0.2, 0.25) is 0 Å². The second kappa shape index (κ2) is 29.7. The number of carbonyl (C=O) groups is 9. The Morgan fingerprint density at radius 3 is 1.06 bits per heavy atom. The highest BCUT2D eigenvalue weighted by molar-refractivity contribution is 5.88. The molecular weight excluding hydrogens is 1160 g/mol. The molecule has 0 aromatic heterocycles. The zero-order chi connectivity index (χ0) is 66.2. The number of aliphatic hydroxyl groups excluding tert-OH is 1. The summed E-state index contributed by atoms with van der Waals surface area (Å²) in [6, 6.07) is 0. The van der Waals surface area contributed by atoms with E-state index < -0.39 is 143 Å². The van der Waals surface area contributed by atoms with Crippen molar-refractivity contribution in [2.75, 3.05) is 68.1 Å². The van der Waals surface area contributed by atoms with E-state index >= 15 is 0 Å². The summed E-state index contributed by atoms with van der Waals surface area (Å²) < 4.78 is 51.2. The first kappa shape index (κ1) is 72.4. The van der Waals surface area contributed by atoms with E-state index in [4.69, 9.17) is 42.6 Å². The Bertz CT molecular complexity index is 2670. The number of carbonyl (C=O) groups excluding carboxylic acids is 6. The Kier molecular flexibility index (Phi) is 24.2. The summed E-state index contributed by atoms with van der Waals surface area (Å²) in [4.78, 5) is 119. The van der Waals surface area contributed by atoms with E-state index in [9.17, 15) is 63.6 Å². The smallest absolute Gasteiger partial charge is 0.335 e. The molecule has 0 aliphatic heterocycles. The summed E-state index contributed by atoms with van der Waals surface area (Å²) >= 11 is 0. The van der Waals surface area contributed by atoms with Crippen LogP contribution < -0.4 is 0 Å². The van der Waals surface area contributed by atoms with Crippen molar-refractivity contribution in [3.05, 3.63) is 36.5 Å². The summed E-state index contributed by atoms with van der Waals surface area (Å²) in [5, 5.41) is 41.1. The maximum atomic E-state index is 14.5. The number of esters is 6. The molecule has 22 nitrogen and oxygen atoms in total. The van der Waals surface area contributed by atoms with Crippen LogP contribution in [0.25, 0.3) is 0 Å². The van der Waals surface area contributed by atoms with Gasteiger partial charge in [0.2, 0.25) is 0 Å². The monoisotopic (exact) mass is 1260 g/mol. The molecule has 0 bridgehead atoms. The number of ether oxygens (including phenoxy) is 9. The van der Waals surface area contributed by atoms with Crippen molar-refractivity contribution >= 4 is 53.7 Å². The molecule has 0 heterocycles. The second-order valence-corrected chi connectivity index (χ2v) is 28.3. The van der Waals surface area contributed by atoms with Crippen LogP contribution >= 0.6 is 0 Å². The van der Waals surface area contributed by atoms with Crippen LogP contribution in [0, 0.1) is 85.8 Å². The Hall–Kier alpha value is -5.71. The first-order valence-corrected chi connectivity index (χ1v) is 31.6. The van der Waals surface area contributed by atoms with Crippen LogP contribution in [0.3, 0.4) is 0 Å². The van der Waals surface area contributed by atoms with Gasteiger partial charge in [0.15, 0.2) is 18.3 Å². The van der Waals surface area contributed by atoms with E-state index in [0.29, 0.717) is 70.6 Å². The van der Waals surface area contributed by atoms with Crippen molar-refractivity contribution < 1.29 is 106 Å². The van der Waals surface area contributed by atoms with Gasteiger partial charge in [0.25, 0.3) is 0 Å². The maximum absolute atomic E-state index is 14.5. The highest BCUT2D eigenvalue weighted by Gasteiger charge is 2.59. The van der Waals surface area contributed by atoms with Gasteiger partial charge in [0.1, 0.15) is 17.8 Å². The summed E-state index contributed by atoms with van der Waals surface area (Å²) in [5.74, 6) is -16.0. The zero-order valence-electron chi connectivity index (χ0n) is 54.2. The van der Waals surface area contributed by atoms with Crippen molar-refractivity contribution in [2.24, 2.45) is 85.8 Å². The first-order valence-electron chi connectivity index (χ1n) is 31.6. The van der Waals surface area contributed by atoms with Gasteiger partial charge < -0.3 is 63.1 Å². The Labute approximate surface area is 523 Å². The van der Waals surface area contributed by atoms with Crippen LogP contribution in [0.4, 0.5) is 0 Å². The lowest BCUT2D eigenvalue weighted by atomic mass is 9.47. The quantitative estimate of drug-likeness (QED) is 0.0310. The number of carboxylic acid groups (broad SMARTS) is 3. The molecule has 0 aromatic rings. The van der Waals surface area contributed by atoms with E-state index in [-0.39, 0.29) is 74.1 Å². The van der Waals surface area contributed by atoms with E-state index in [1.807, 2.05) is 13.8 Å². The molecule has 500 valence electrons. The number of rotatable bonds is 29. The Morgan fingerprint density at radius 2 is 0.764 bits per heavy atom. The topological polar surface area (TPSA) is 318 Å². The first-order chi connectivity index (χ1) is 41.8. The molecule has 0 aromatic carbocycles. The minimum absolute atomic E-state index is 0.0227. The van der Waals surface area contributed by atoms with E-state index in [0.717, 1.165) is 70.8 Å². The third-order valence-electron chi connectivity index (χ3n) is 22.9. The number of hydrogen-bond donors (Lipinski definition) is 4. The lowest BCUT2D eigenvalue weighted by molar-refractivity contribution is -0.183. The van der Waals surface area contributed by atoms with Crippen LogP contribution in [0.15, 0.2) is 36.5 Å². The second-order valence-electron chi connectivity index (χ2n) is 28.3. The number of hydrogen-bond acceptors (Lipinski definition) is 19. The summed E-state index contributed by atoms with van der Waals surface area (Å²) in [6.45, 7) is 24.9. The van der Waals surface area contributed by atoms with Gasteiger partial charge in [0, 0.05) is 35.2 Å². The molecule has 0 unspecified atom stereocenters. The molecule has 6 fully saturated rings. The van der Waals surface area contributed by atoms with Crippen LogP contribution in [0.1, 0.15) is 157 Å². The molecule has 22 heteroatoms. The molecule has 0 radical (unpaired) electrons. The molecule has 6 rings (SSSR count). The minimum atomic E-state index is -1.73. The lowest BCUT2D eigenvalue weighted by Crippen LogP contribution is -2.54. The van der Waals surface area contributed by atoms with Gasteiger partial charge >= 0.3 is 53.7 Å². The highest BCUT2D eigenvalue weighted by atomic mass is 16.6. The third-order valence-corrected chi connectivity index (χ3v) is 22.9. The third kappa shape index (κ3) is 15.5. The summed E-state index contributed by atoms with van der Waals surface area (Å²) in [6.07, 6.45) is 2.97. The molecular formula is C67H100O22. The predicted octanol–water partition coefficient (Wildman–Crippen LogP) is 8.52. The van der Waals surface area contributed by atoms with Gasteiger partial charge in [-0.05, 0) is 116 Å². The van der Waals surface area contributed by atoms with E-state index in [1.54, 1.807) is 0 Å². The number of aliphatic carboxylic acids is 3. The van der Waals surface area contributed by atoms with Crippen LogP contribution in [-0.4, -0.2) is 161 Å². The molecule has 0 saturated heterocycles. The number of methoxy groups -OCH3 is 4. The Balaban J connectivity index is 1.17. The van der Waals surface area contributed by atoms with Crippen molar-refractivity contribution in [2.45, 2.75) is 175 Å². The van der Waals surface area contributed by atoms with Crippen molar-refractivity contribution in [1.29, 1.82) is 0 Å². The van der Waals surface area contributed by atoms with Crippen molar-refractivity contribution in [3.63, 3.8) is 0 Å². The number of aliphatic hydroxyl groups is 1. The van der Waals surface area contributed by atoms with Crippen LogP contribution in [-0.2, 0) is 85.8 Å². The van der Waals surface area contributed by atoms with Gasteiger partial charge in [-0.15, -0.1) is 0 Å². The Morgan fingerprint density at radius 1 is 0.449 bits per heavy atom. The standard InChI is InChI=1S/C67H100O22/c1-38-17-20-47-62(4,35-68)23-14-26-65(47,7)44(38)33-86-54(60(79)83-12)42(29-50(69)70)57(76)89-37-64(6)25-16-28-67(9)46(40(3)19-22-49(64)67)34-87-55(61(80)84-13)43(30-51(71)72)58(77)88-36-63(5)24-15-27-66(8)45(39(2)18-21-48(63)66)32-85-53(59(78)82-11)41(56(74)75)31-52(73)81-10/h41-49,53-55,68H,1-3,14-37H2,4-13H3,(H,69,70)(H,71,72)(H,74,75)/t41-,42-,43-,44-,45-,46-,47-,48-,49-,53+,54+,55+,62-,63-,64-,65+,66+,67+/m0/s1. The summed E-state index contributed by atoms with van der Waals surface area (Å²) in [7, 11) is 4.44. The molecule has 89 heavy (non-hydrogen) atoms. The normalized spacial score (nSPS) is 33.8. The average molecular weight is 1260 g/mol. The largest absolute Gasteiger partial charge is 0.481 e. The fourth-order valence-electron chi connectivity index (χ4n) is 18.0. The summed E-state index contributed by atoms with van der Waals surface area (Å²) in [5.41, 5.74) is -0.738. The van der Waals surface area contributed by atoms with Crippen molar-refractivity contribution in [3.8, 4) is 0 Å². The molecule has 6 aliphatic carbocycles. The van der Waals surface area contributed by atoms with Crippen molar-refractivity contribution in [1.82, 2.24) is 0 Å². The molecule has 0 spiro atoms. The van der Waals surface area contributed by atoms with Gasteiger partial charge in [-0.1, -0.05) is 97.3 Å². The van der Waals surface area contributed by atoms with E-state index in [1.165, 1.54) is 0 Å². The van der Waals surface area contributed by atoms with Gasteiger partial charge in [-0.3, -0.25) is 28.8 Å². The molecule has 4 N–H and O–H groups in total. The molecule has 6 aliphatic rings. The lowest BCUT2D eigenvalue weighted by Gasteiger charge is -2.58. The number of fused-ring (bicyclic) bond motifs is 3. The number of carboxylic acids is 3. The fourth-order valence-corrected chi connectivity index (χ4v) is 18.0. The highest BCUT2D eigenvalue weighted by Crippen LogP contribution is 2.64. The average Bonchev–Trinajstić information content (AvgIpc) is 0.771. The maximum Gasteiger partial charge on any atom is 0.335 e. The molecule has 6 saturated carbocycles. The van der Waals surface area contributed by atoms with Gasteiger partial charge in [-0.2, -0.15) is 0 Å². The predicted molar refractivity (Wildman–Crippen MR) is 320 cm³/mol. The van der Waals surface area contributed by atoms with E-state index in [2.05, 4.69) is 47.4 Å². The van der Waals surface area contributed by atoms with Crippen LogP contribution in [0.5, 0.6) is 0 Å². The molecule has 0 amide bonds. The fraction of sp³-hybridized carbons (Fsp3) is 0.776.